The topological polar surface area (TPSA) is 32.3 Å². The second-order valence-electron chi connectivity index (χ2n) is 5.88. The van der Waals surface area contributed by atoms with Crippen LogP contribution < -0.4 is 5.32 Å². The predicted molar refractivity (Wildman–Crippen MR) is 82.5 cm³/mol. The van der Waals surface area contributed by atoms with E-state index in [1.807, 2.05) is 6.92 Å². The summed E-state index contributed by atoms with van der Waals surface area (Å²) in [6.07, 6.45) is 6.22. The van der Waals surface area contributed by atoms with Crippen LogP contribution in [-0.4, -0.2) is 30.4 Å². The molecule has 0 spiro atoms. The van der Waals surface area contributed by atoms with Gasteiger partial charge < -0.3 is 5.32 Å². The van der Waals surface area contributed by atoms with Crippen molar-refractivity contribution in [3.8, 4) is 0 Å². The molecule has 1 amide bonds. The van der Waals surface area contributed by atoms with Crippen LogP contribution in [0.2, 0.25) is 0 Å². The van der Waals surface area contributed by atoms with Gasteiger partial charge in [0.25, 0.3) is 0 Å². The van der Waals surface area contributed by atoms with Crippen molar-refractivity contribution < 1.29 is 9.18 Å². The van der Waals surface area contributed by atoms with Crippen LogP contribution in [0.25, 0.3) is 0 Å². The maximum atomic E-state index is 12.9. The summed E-state index contributed by atoms with van der Waals surface area (Å²) in [7, 11) is 0. The Morgan fingerprint density at radius 1 is 1.14 bits per heavy atom. The Morgan fingerprint density at radius 2 is 1.71 bits per heavy atom. The molecule has 1 heterocycles. The molecule has 1 atom stereocenters. The Balaban J connectivity index is 1.81. The van der Waals surface area contributed by atoms with Crippen LogP contribution in [0.3, 0.4) is 0 Å². The van der Waals surface area contributed by atoms with Crippen molar-refractivity contribution in [2.24, 2.45) is 0 Å². The zero-order valence-corrected chi connectivity index (χ0v) is 12.8. The SMILES string of the molecule is CC(NC(=O)CN1CCCCCCC1)c1ccc(F)cc1. The first kappa shape index (κ1) is 16.0. The van der Waals surface area contributed by atoms with E-state index in [0.717, 1.165) is 18.7 Å². The summed E-state index contributed by atoms with van der Waals surface area (Å²) in [6, 6.07) is 6.20. The van der Waals surface area contributed by atoms with Crippen LogP contribution >= 0.6 is 0 Å². The van der Waals surface area contributed by atoms with E-state index < -0.39 is 0 Å². The van der Waals surface area contributed by atoms with Gasteiger partial charge in [0.2, 0.25) is 5.91 Å². The van der Waals surface area contributed by atoms with Crippen molar-refractivity contribution in [1.82, 2.24) is 10.2 Å². The lowest BCUT2D eigenvalue weighted by Gasteiger charge is -2.24. The lowest BCUT2D eigenvalue weighted by atomic mass is 10.1. The molecule has 116 valence electrons. The van der Waals surface area contributed by atoms with E-state index in [1.165, 1.54) is 44.2 Å². The van der Waals surface area contributed by atoms with Gasteiger partial charge >= 0.3 is 0 Å². The number of hydrogen-bond acceptors (Lipinski definition) is 2. The molecule has 0 bridgehead atoms. The van der Waals surface area contributed by atoms with Gasteiger partial charge in [0.1, 0.15) is 5.82 Å². The lowest BCUT2D eigenvalue weighted by Crippen LogP contribution is -2.39. The number of nitrogens with zero attached hydrogens (tertiary/aromatic N) is 1. The van der Waals surface area contributed by atoms with Crippen LogP contribution in [0.5, 0.6) is 0 Å². The number of benzene rings is 1. The molecule has 1 aromatic carbocycles. The van der Waals surface area contributed by atoms with Gasteiger partial charge in [-0.2, -0.15) is 0 Å². The van der Waals surface area contributed by atoms with E-state index in [4.69, 9.17) is 0 Å². The molecule has 4 heteroatoms. The van der Waals surface area contributed by atoms with Crippen LogP contribution in [0, 0.1) is 5.82 Å². The Morgan fingerprint density at radius 3 is 2.33 bits per heavy atom. The van der Waals surface area contributed by atoms with E-state index in [-0.39, 0.29) is 17.8 Å². The Hall–Kier alpha value is -1.42. The molecule has 21 heavy (non-hydrogen) atoms. The molecule has 3 nitrogen and oxygen atoms in total. The molecule has 2 rings (SSSR count). The number of carbonyl (C=O) groups is 1. The Labute approximate surface area is 126 Å². The molecule has 0 saturated carbocycles. The molecule has 1 saturated heterocycles. The van der Waals surface area contributed by atoms with E-state index >= 15 is 0 Å². The first-order chi connectivity index (χ1) is 10.1. The maximum Gasteiger partial charge on any atom is 0.234 e. The molecule has 1 fully saturated rings. The molecule has 1 aliphatic rings. The fraction of sp³-hybridized carbons (Fsp3) is 0.588. The molecule has 1 unspecified atom stereocenters. The highest BCUT2D eigenvalue weighted by Gasteiger charge is 2.14. The van der Waals surface area contributed by atoms with E-state index in [2.05, 4.69) is 10.2 Å². The lowest BCUT2D eigenvalue weighted by molar-refractivity contribution is -0.123. The monoisotopic (exact) mass is 292 g/mol. The fourth-order valence-corrected chi connectivity index (χ4v) is 2.80. The second-order valence-corrected chi connectivity index (χ2v) is 5.88. The average Bonchev–Trinajstić information content (AvgIpc) is 2.42. The Kier molecular flexibility index (Phi) is 6.18. The van der Waals surface area contributed by atoms with Crippen molar-refractivity contribution >= 4 is 5.91 Å². The molecule has 1 aliphatic heterocycles. The van der Waals surface area contributed by atoms with Crippen molar-refractivity contribution in [3.05, 3.63) is 35.6 Å². The predicted octanol–water partition coefficient (Wildman–Crippen LogP) is 3.27. The maximum absolute atomic E-state index is 12.9. The zero-order valence-electron chi connectivity index (χ0n) is 12.8. The van der Waals surface area contributed by atoms with Crippen LogP contribution in [0.4, 0.5) is 4.39 Å². The summed E-state index contributed by atoms with van der Waals surface area (Å²) in [4.78, 5) is 14.4. The third-order valence-corrected chi connectivity index (χ3v) is 4.06. The minimum atomic E-state index is -0.252. The summed E-state index contributed by atoms with van der Waals surface area (Å²) in [6.45, 7) is 4.42. The summed E-state index contributed by atoms with van der Waals surface area (Å²) in [5, 5.41) is 3.00. The number of rotatable bonds is 4. The van der Waals surface area contributed by atoms with Crippen molar-refractivity contribution in [1.29, 1.82) is 0 Å². The minimum absolute atomic E-state index is 0.0485. The standard InChI is InChI=1S/C17H25FN2O/c1-14(15-7-9-16(18)10-8-15)19-17(21)13-20-11-5-3-2-4-6-12-20/h7-10,14H,2-6,11-13H2,1H3,(H,19,21). The first-order valence-corrected chi connectivity index (χ1v) is 7.92. The quantitative estimate of drug-likeness (QED) is 0.923. The van der Waals surface area contributed by atoms with Gasteiger partial charge in [-0.25, -0.2) is 4.39 Å². The van der Waals surface area contributed by atoms with E-state index in [1.54, 1.807) is 12.1 Å². The third kappa shape index (κ3) is 5.46. The number of carbonyl (C=O) groups excluding carboxylic acids is 1. The average molecular weight is 292 g/mol. The molecule has 0 aliphatic carbocycles. The largest absolute Gasteiger partial charge is 0.348 e. The van der Waals surface area contributed by atoms with Gasteiger partial charge in [-0.15, -0.1) is 0 Å². The summed E-state index contributed by atoms with van der Waals surface area (Å²) < 4.78 is 12.9. The number of likely N-dealkylation sites (tertiary alicyclic amines) is 1. The molecule has 1 aromatic rings. The summed E-state index contributed by atoms with van der Waals surface area (Å²) in [5.41, 5.74) is 0.928. The summed E-state index contributed by atoms with van der Waals surface area (Å²) >= 11 is 0. The van der Waals surface area contributed by atoms with Crippen LogP contribution in [-0.2, 0) is 4.79 Å². The molecule has 0 radical (unpaired) electrons. The minimum Gasteiger partial charge on any atom is -0.348 e. The van der Waals surface area contributed by atoms with Crippen LogP contribution in [0.1, 0.15) is 50.6 Å². The Bertz CT molecular complexity index is 439. The number of amides is 1. The number of halogens is 1. The van der Waals surface area contributed by atoms with Gasteiger partial charge in [-0.1, -0.05) is 31.4 Å². The molecule has 1 N–H and O–H groups in total. The highest BCUT2D eigenvalue weighted by molar-refractivity contribution is 5.78. The van der Waals surface area contributed by atoms with E-state index in [9.17, 15) is 9.18 Å². The molecular formula is C17H25FN2O. The van der Waals surface area contributed by atoms with Crippen LogP contribution in [0.15, 0.2) is 24.3 Å². The van der Waals surface area contributed by atoms with Gasteiger partial charge in [0, 0.05) is 0 Å². The van der Waals surface area contributed by atoms with E-state index in [0.29, 0.717) is 6.54 Å². The number of nitrogens with one attached hydrogen (secondary N) is 1. The second kappa shape index (κ2) is 8.13. The number of hydrogen-bond donors (Lipinski definition) is 1. The van der Waals surface area contributed by atoms with Crippen molar-refractivity contribution in [2.45, 2.75) is 45.1 Å². The van der Waals surface area contributed by atoms with Crippen molar-refractivity contribution in [2.75, 3.05) is 19.6 Å². The third-order valence-electron chi connectivity index (χ3n) is 4.06. The molecular weight excluding hydrogens is 267 g/mol. The summed E-state index contributed by atoms with van der Waals surface area (Å²) in [5.74, 6) is -0.203. The smallest absolute Gasteiger partial charge is 0.234 e. The highest BCUT2D eigenvalue weighted by Crippen LogP contribution is 2.13. The van der Waals surface area contributed by atoms with Crippen molar-refractivity contribution in [3.63, 3.8) is 0 Å². The highest BCUT2D eigenvalue weighted by atomic mass is 19.1. The van der Waals surface area contributed by atoms with Gasteiger partial charge in [-0.05, 0) is 50.6 Å². The van der Waals surface area contributed by atoms with Gasteiger partial charge in [-0.3, -0.25) is 9.69 Å². The van der Waals surface area contributed by atoms with Gasteiger partial charge in [0.05, 0.1) is 12.6 Å². The molecule has 0 aromatic heterocycles. The normalized spacial score (nSPS) is 18.6. The zero-order chi connectivity index (χ0) is 15.1. The first-order valence-electron chi connectivity index (χ1n) is 7.92. The van der Waals surface area contributed by atoms with Gasteiger partial charge in [0.15, 0.2) is 0 Å². The fourth-order valence-electron chi connectivity index (χ4n) is 2.80.